The van der Waals surface area contributed by atoms with Crippen molar-refractivity contribution >= 4 is 16.6 Å². The fourth-order valence-electron chi connectivity index (χ4n) is 2.28. The molecule has 0 radical (unpaired) electrons. The Morgan fingerprint density at radius 3 is 2.48 bits per heavy atom. The van der Waals surface area contributed by atoms with Gasteiger partial charge in [-0.25, -0.2) is 4.39 Å². The number of carbonyl (C=O) groups is 1. The predicted octanol–water partition coefficient (Wildman–Crippen LogP) is 4.97. The maximum atomic E-state index is 14.0. The van der Waals surface area contributed by atoms with E-state index in [1.54, 1.807) is 12.1 Å². The normalized spacial score (nSPS) is 10.6. The Labute approximate surface area is 121 Å². The van der Waals surface area contributed by atoms with E-state index < -0.39 is 5.82 Å². The second-order valence-electron chi connectivity index (χ2n) is 4.75. The number of Topliss-reactive ketones (excluding diaryl/α,β-unsaturated/α-hetero) is 1. The first-order valence-electron chi connectivity index (χ1n) is 6.62. The van der Waals surface area contributed by atoms with Gasteiger partial charge in [-0.05, 0) is 30.5 Å². The maximum absolute atomic E-state index is 14.0. The number of benzene rings is 3. The lowest BCUT2D eigenvalue weighted by Gasteiger charge is -2.12. The monoisotopic (exact) mass is 280 g/mol. The maximum Gasteiger partial charge on any atom is 0.173 e. The molecule has 3 rings (SSSR count). The van der Waals surface area contributed by atoms with E-state index in [9.17, 15) is 9.18 Å². The molecule has 104 valence electrons. The van der Waals surface area contributed by atoms with Crippen molar-refractivity contribution in [2.45, 2.75) is 6.92 Å². The fraction of sp³-hybridized carbons (Fsp3) is 0.0556. The van der Waals surface area contributed by atoms with E-state index in [0.717, 1.165) is 10.8 Å². The van der Waals surface area contributed by atoms with Crippen LogP contribution in [0.25, 0.3) is 10.8 Å². The van der Waals surface area contributed by atoms with Gasteiger partial charge in [-0.15, -0.1) is 0 Å². The summed E-state index contributed by atoms with van der Waals surface area (Å²) in [7, 11) is 0. The van der Waals surface area contributed by atoms with E-state index in [1.807, 2.05) is 36.4 Å². The Kier molecular flexibility index (Phi) is 3.40. The quantitative estimate of drug-likeness (QED) is 0.633. The molecule has 3 aromatic rings. The minimum absolute atomic E-state index is 0.0265. The number of hydrogen-bond donors (Lipinski definition) is 0. The molecule has 0 fully saturated rings. The van der Waals surface area contributed by atoms with Gasteiger partial charge in [0.2, 0.25) is 0 Å². The summed E-state index contributed by atoms with van der Waals surface area (Å²) in [4.78, 5) is 11.6. The first kappa shape index (κ1) is 13.3. The Morgan fingerprint density at radius 1 is 0.952 bits per heavy atom. The van der Waals surface area contributed by atoms with E-state index in [1.165, 1.54) is 19.1 Å². The van der Waals surface area contributed by atoms with Gasteiger partial charge in [0, 0.05) is 5.39 Å². The van der Waals surface area contributed by atoms with Crippen LogP contribution in [0, 0.1) is 5.82 Å². The molecule has 0 aliphatic carbocycles. The summed E-state index contributed by atoms with van der Waals surface area (Å²) < 4.78 is 19.7. The molecule has 0 N–H and O–H groups in total. The number of fused-ring (bicyclic) bond motifs is 1. The fourth-order valence-corrected chi connectivity index (χ4v) is 2.28. The highest BCUT2D eigenvalue weighted by molar-refractivity contribution is 5.97. The molecule has 3 aromatic carbocycles. The minimum Gasteiger partial charge on any atom is -0.453 e. The van der Waals surface area contributed by atoms with Crippen molar-refractivity contribution < 1.29 is 13.9 Å². The summed E-state index contributed by atoms with van der Waals surface area (Å²) in [6.45, 7) is 1.39. The van der Waals surface area contributed by atoms with Crippen LogP contribution < -0.4 is 4.74 Å². The molecule has 0 unspecified atom stereocenters. The molecule has 3 heteroatoms. The molecule has 2 nitrogen and oxygen atoms in total. The van der Waals surface area contributed by atoms with Gasteiger partial charge in [0.1, 0.15) is 5.75 Å². The zero-order valence-corrected chi connectivity index (χ0v) is 11.5. The van der Waals surface area contributed by atoms with Crippen molar-refractivity contribution in [3.05, 3.63) is 72.0 Å². The van der Waals surface area contributed by atoms with Gasteiger partial charge in [-0.2, -0.15) is 0 Å². The topological polar surface area (TPSA) is 26.3 Å². The number of hydrogen-bond acceptors (Lipinski definition) is 2. The van der Waals surface area contributed by atoms with Crippen LogP contribution in [0.15, 0.2) is 60.7 Å². The van der Waals surface area contributed by atoms with Crippen LogP contribution in [-0.2, 0) is 0 Å². The molecule has 21 heavy (non-hydrogen) atoms. The van der Waals surface area contributed by atoms with Gasteiger partial charge in [-0.1, -0.05) is 42.5 Å². The van der Waals surface area contributed by atoms with E-state index in [0.29, 0.717) is 5.75 Å². The SMILES string of the molecule is CC(=O)c1cccc(F)c1Oc1cccc2ccccc12. The summed E-state index contributed by atoms with van der Waals surface area (Å²) in [6, 6.07) is 17.6. The van der Waals surface area contributed by atoms with E-state index in [4.69, 9.17) is 4.74 Å². The van der Waals surface area contributed by atoms with Gasteiger partial charge in [0.05, 0.1) is 5.56 Å². The third-order valence-corrected chi connectivity index (χ3v) is 3.31. The Hall–Kier alpha value is -2.68. The zero-order valence-electron chi connectivity index (χ0n) is 11.5. The molecule has 0 amide bonds. The number of carbonyl (C=O) groups excluding carboxylic acids is 1. The van der Waals surface area contributed by atoms with Crippen molar-refractivity contribution in [2.75, 3.05) is 0 Å². The highest BCUT2D eigenvalue weighted by Gasteiger charge is 2.15. The van der Waals surface area contributed by atoms with Crippen LogP contribution >= 0.6 is 0 Å². The average molecular weight is 280 g/mol. The van der Waals surface area contributed by atoms with Crippen molar-refractivity contribution in [3.63, 3.8) is 0 Å². The van der Waals surface area contributed by atoms with Crippen LogP contribution in [-0.4, -0.2) is 5.78 Å². The molecule has 0 saturated heterocycles. The Morgan fingerprint density at radius 2 is 1.67 bits per heavy atom. The van der Waals surface area contributed by atoms with Crippen LogP contribution in [0.5, 0.6) is 11.5 Å². The molecule has 0 bridgehead atoms. The van der Waals surface area contributed by atoms with E-state index >= 15 is 0 Å². The molecule has 0 atom stereocenters. The van der Waals surface area contributed by atoms with Crippen molar-refractivity contribution in [1.82, 2.24) is 0 Å². The highest BCUT2D eigenvalue weighted by Crippen LogP contribution is 2.33. The molecule has 0 spiro atoms. The minimum atomic E-state index is -0.546. The van der Waals surface area contributed by atoms with Crippen molar-refractivity contribution in [3.8, 4) is 11.5 Å². The lowest BCUT2D eigenvalue weighted by molar-refractivity contribution is 0.101. The molecular weight excluding hydrogens is 267 g/mol. The summed E-state index contributed by atoms with van der Waals surface area (Å²) in [5.41, 5.74) is 0.239. The van der Waals surface area contributed by atoms with E-state index in [-0.39, 0.29) is 17.1 Å². The number of ketones is 1. The van der Waals surface area contributed by atoms with Crippen molar-refractivity contribution in [2.24, 2.45) is 0 Å². The summed E-state index contributed by atoms with van der Waals surface area (Å²) in [5, 5.41) is 1.87. The predicted molar refractivity (Wildman–Crippen MR) is 80.4 cm³/mol. The van der Waals surface area contributed by atoms with Crippen molar-refractivity contribution in [1.29, 1.82) is 0 Å². The lowest BCUT2D eigenvalue weighted by atomic mass is 10.1. The average Bonchev–Trinajstić information content (AvgIpc) is 2.49. The first-order valence-corrected chi connectivity index (χ1v) is 6.62. The number of para-hydroxylation sites is 1. The van der Waals surface area contributed by atoms with Crippen LogP contribution in [0.3, 0.4) is 0 Å². The lowest BCUT2D eigenvalue weighted by Crippen LogP contribution is -1.99. The number of rotatable bonds is 3. The van der Waals surface area contributed by atoms with Crippen LogP contribution in [0.1, 0.15) is 17.3 Å². The third kappa shape index (κ3) is 2.50. The van der Waals surface area contributed by atoms with Gasteiger partial charge >= 0.3 is 0 Å². The summed E-state index contributed by atoms with van der Waals surface area (Å²) in [6.07, 6.45) is 0. The van der Waals surface area contributed by atoms with Gasteiger partial charge in [-0.3, -0.25) is 4.79 Å². The second kappa shape index (κ2) is 5.37. The number of halogens is 1. The van der Waals surface area contributed by atoms with Crippen LogP contribution in [0.4, 0.5) is 4.39 Å². The molecule has 0 saturated carbocycles. The van der Waals surface area contributed by atoms with Gasteiger partial charge < -0.3 is 4.74 Å². The summed E-state index contributed by atoms with van der Waals surface area (Å²) >= 11 is 0. The highest BCUT2D eigenvalue weighted by atomic mass is 19.1. The standard InChI is InChI=1S/C18H13FO2/c1-12(20)14-9-5-10-16(19)18(14)21-17-11-4-7-13-6-2-3-8-15(13)17/h2-11H,1H3. The molecule has 0 aliphatic heterocycles. The first-order chi connectivity index (χ1) is 10.2. The largest absolute Gasteiger partial charge is 0.453 e. The molecule has 0 aliphatic rings. The molecule has 0 aromatic heterocycles. The second-order valence-corrected chi connectivity index (χ2v) is 4.75. The number of ether oxygens (including phenoxy) is 1. The van der Waals surface area contributed by atoms with Gasteiger partial charge in [0.15, 0.2) is 17.3 Å². The van der Waals surface area contributed by atoms with Gasteiger partial charge in [0.25, 0.3) is 0 Å². The Bertz CT molecular complexity index is 819. The third-order valence-electron chi connectivity index (χ3n) is 3.31. The molecular formula is C18H13FO2. The summed E-state index contributed by atoms with van der Waals surface area (Å²) in [5.74, 6) is -0.276. The Balaban J connectivity index is 2.13. The van der Waals surface area contributed by atoms with Crippen LogP contribution in [0.2, 0.25) is 0 Å². The molecule has 0 heterocycles. The van der Waals surface area contributed by atoms with E-state index in [2.05, 4.69) is 0 Å². The zero-order chi connectivity index (χ0) is 14.8. The smallest absolute Gasteiger partial charge is 0.173 e.